The molecule has 128 valence electrons. The minimum Gasteiger partial charge on any atom is -0.450 e. The van der Waals surface area contributed by atoms with Crippen molar-refractivity contribution < 1.29 is 23.5 Å². The van der Waals surface area contributed by atoms with Gasteiger partial charge in [0.25, 0.3) is 5.91 Å². The van der Waals surface area contributed by atoms with Gasteiger partial charge in [-0.1, -0.05) is 24.9 Å². The maximum atomic E-state index is 11.9. The van der Waals surface area contributed by atoms with Gasteiger partial charge in [0.2, 0.25) is 5.76 Å². The van der Waals surface area contributed by atoms with Crippen molar-refractivity contribution in [2.45, 2.75) is 19.8 Å². The largest absolute Gasteiger partial charge is 0.450 e. The predicted octanol–water partition coefficient (Wildman–Crippen LogP) is 2.87. The van der Waals surface area contributed by atoms with Gasteiger partial charge in [-0.25, -0.2) is 9.59 Å². The smallest absolute Gasteiger partial charge is 0.374 e. The number of imide groups is 1. The Morgan fingerprint density at radius 1 is 1.25 bits per heavy atom. The van der Waals surface area contributed by atoms with E-state index in [2.05, 4.69) is 10.6 Å². The third-order valence-corrected chi connectivity index (χ3v) is 3.32. The molecule has 0 radical (unpaired) electrons. The highest BCUT2D eigenvalue weighted by Crippen LogP contribution is 2.23. The molecule has 3 amide bonds. The van der Waals surface area contributed by atoms with Gasteiger partial charge < -0.3 is 14.5 Å². The van der Waals surface area contributed by atoms with Crippen LogP contribution >= 0.6 is 11.6 Å². The zero-order valence-electron chi connectivity index (χ0n) is 13.1. The van der Waals surface area contributed by atoms with E-state index in [-0.39, 0.29) is 5.76 Å². The number of halogens is 1. The van der Waals surface area contributed by atoms with Gasteiger partial charge in [-0.3, -0.25) is 10.1 Å². The van der Waals surface area contributed by atoms with Crippen LogP contribution in [0, 0.1) is 0 Å². The maximum Gasteiger partial charge on any atom is 0.374 e. The highest BCUT2D eigenvalue weighted by molar-refractivity contribution is 6.31. The molecular formula is C16H17ClN2O5. The van der Waals surface area contributed by atoms with Crippen LogP contribution in [-0.2, 0) is 9.53 Å². The Hall–Kier alpha value is -2.54. The Morgan fingerprint density at radius 2 is 2.04 bits per heavy atom. The van der Waals surface area contributed by atoms with E-state index >= 15 is 0 Å². The number of benzene rings is 1. The summed E-state index contributed by atoms with van der Waals surface area (Å²) in [7, 11) is 0. The molecule has 24 heavy (non-hydrogen) atoms. The van der Waals surface area contributed by atoms with Gasteiger partial charge in [-0.15, -0.1) is 0 Å². The summed E-state index contributed by atoms with van der Waals surface area (Å²) in [6, 6.07) is 5.75. The van der Waals surface area contributed by atoms with E-state index in [1.54, 1.807) is 18.2 Å². The number of fused-ring (bicyclic) bond motifs is 1. The number of unbranched alkanes of at least 4 members (excludes halogenated alkanes) is 1. The quantitative estimate of drug-likeness (QED) is 0.615. The van der Waals surface area contributed by atoms with Crippen LogP contribution in [0.2, 0.25) is 5.02 Å². The van der Waals surface area contributed by atoms with E-state index in [4.69, 9.17) is 20.8 Å². The molecule has 2 N–H and O–H groups in total. The average molecular weight is 353 g/mol. The molecule has 0 aliphatic carbocycles. The van der Waals surface area contributed by atoms with Crippen molar-refractivity contribution in [1.29, 1.82) is 0 Å². The third kappa shape index (κ3) is 4.99. The molecule has 0 aliphatic heterocycles. The van der Waals surface area contributed by atoms with Crippen LogP contribution in [-0.4, -0.2) is 31.1 Å². The predicted molar refractivity (Wildman–Crippen MR) is 88.0 cm³/mol. The molecule has 8 heteroatoms. The van der Waals surface area contributed by atoms with E-state index in [1.807, 2.05) is 6.92 Å². The highest BCUT2D eigenvalue weighted by atomic mass is 35.5. The van der Waals surface area contributed by atoms with Crippen molar-refractivity contribution in [2.75, 3.05) is 13.2 Å². The number of hydrogen-bond donors (Lipinski definition) is 2. The lowest BCUT2D eigenvalue weighted by Gasteiger charge is -2.06. The molecule has 7 nitrogen and oxygen atoms in total. The molecule has 2 rings (SSSR count). The Labute approximate surface area is 143 Å². The standard InChI is InChI=1S/C16H17ClN2O5/c1-2-3-6-18-16(22)19-14(20)9-23-15(21)13-8-10-7-11(17)4-5-12(10)24-13/h4-5,7-8H,2-3,6,9H2,1H3,(H2,18,19,20,22). The summed E-state index contributed by atoms with van der Waals surface area (Å²) < 4.78 is 10.1. The van der Waals surface area contributed by atoms with Crippen LogP contribution in [0.4, 0.5) is 4.79 Å². The summed E-state index contributed by atoms with van der Waals surface area (Å²) in [5.41, 5.74) is 0.478. The van der Waals surface area contributed by atoms with E-state index < -0.39 is 24.5 Å². The summed E-state index contributed by atoms with van der Waals surface area (Å²) in [6.07, 6.45) is 1.74. The lowest BCUT2D eigenvalue weighted by molar-refractivity contribution is -0.123. The minimum atomic E-state index is -0.802. The monoisotopic (exact) mass is 352 g/mol. The number of carbonyl (C=O) groups is 3. The zero-order valence-corrected chi connectivity index (χ0v) is 13.8. The Balaban J connectivity index is 1.83. The van der Waals surface area contributed by atoms with Gasteiger partial charge in [0.05, 0.1) is 0 Å². The van der Waals surface area contributed by atoms with Crippen LogP contribution in [0.25, 0.3) is 11.0 Å². The molecule has 1 aromatic carbocycles. The molecule has 0 fully saturated rings. The van der Waals surface area contributed by atoms with Crippen molar-refractivity contribution in [3.05, 3.63) is 35.0 Å². The van der Waals surface area contributed by atoms with Gasteiger partial charge in [0, 0.05) is 17.0 Å². The van der Waals surface area contributed by atoms with Crippen LogP contribution in [0.3, 0.4) is 0 Å². The van der Waals surface area contributed by atoms with Crippen molar-refractivity contribution in [2.24, 2.45) is 0 Å². The number of rotatable bonds is 6. The summed E-state index contributed by atoms with van der Waals surface area (Å²) in [5, 5.41) is 5.74. The summed E-state index contributed by atoms with van der Waals surface area (Å²) >= 11 is 5.86. The molecule has 0 unspecified atom stereocenters. The average Bonchev–Trinajstić information content (AvgIpc) is 2.96. The number of urea groups is 1. The van der Waals surface area contributed by atoms with Crippen LogP contribution in [0.1, 0.15) is 30.3 Å². The minimum absolute atomic E-state index is 0.0486. The van der Waals surface area contributed by atoms with Gasteiger partial charge in [-0.05, 0) is 30.7 Å². The molecular weight excluding hydrogens is 336 g/mol. The Kier molecular flexibility index (Phi) is 6.20. The fourth-order valence-corrected chi connectivity index (χ4v) is 2.08. The first-order chi connectivity index (χ1) is 11.5. The van der Waals surface area contributed by atoms with E-state index in [0.717, 1.165) is 12.8 Å². The first-order valence-electron chi connectivity index (χ1n) is 7.43. The lowest BCUT2D eigenvalue weighted by atomic mass is 10.2. The molecule has 2 aromatic rings. The molecule has 0 saturated carbocycles. The fourth-order valence-electron chi connectivity index (χ4n) is 1.90. The number of amides is 3. The van der Waals surface area contributed by atoms with E-state index in [1.165, 1.54) is 6.07 Å². The molecule has 0 aliphatic rings. The molecule has 1 aromatic heterocycles. The number of furan rings is 1. The van der Waals surface area contributed by atoms with Crippen LogP contribution in [0.15, 0.2) is 28.7 Å². The lowest BCUT2D eigenvalue weighted by Crippen LogP contribution is -2.41. The third-order valence-electron chi connectivity index (χ3n) is 3.08. The van der Waals surface area contributed by atoms with Gasteiger partial charge in [-0.2, -0.15) is 0 Å². The summed E-state index contributed by atoms with van der Waals surface area (Å²) in [6.45, 7) is 1.87. The number of hydrogen-bond acceptors (Lipinski definition) is 5. The number of esters is 1. The van der Waals surface area contributed by atoms with Crippen molar-refractivity contribution >= 4 is 40.5 Å². The first kappa shape index (κ1) is 17.8. The van der Waals surface area contributed by atoms with Crippen molar-refractivity contribution in [1.82, 2.24) is 10.6 Å². The summed E-state index contributed by atoms with van der Waals surface area (Å²) in [4.78, 5) is 34.8. The fraction of sp³-hybridized carbons (Fsp3) is 0.312. The normalized spacial score (nSPS) is 10.4. The highest BCUT2D eigenvalue weighted by Gasteiger charge is 2.16. The molecule has 0 bridgehead atoms. The molecule has 0 atom stereocenters. The maximum absolute atomic E-state index is 11.9. The second-order valence-corrected chi connectivity index (χ2v) is 5.46. The van der Waals surface area contributed by atoms with Gasteiger partial charge in [0.1, 0.15) is 5.58 Å². The van der Waals surface area contributed by atoms with E-state index in [0.29, 0.717) is 22.5 Å². The first-order valence-corrected chi connectivity index (χ1v) is 7.81. The zero-order chi connectivity index (χ0) is 17.5. The van der Waals surface area contributed by atoms with Gasteiger partial charge >= 0.3 is 12.0 Å². The molecule has 0 saturated heterocycles. The van der Waals surface area contributed by atoms with E-state index in [9.17, 15) is 14.4 Å². The molecule has 1 heterocycles. The Morgan fingerprint density at radius 3 is 2.79 bits per heavy atom. The van der Waals surface area contributed by atoms with Crippen LogP contribution in [0.5, 0.6) is 0 Å². The SMILES string of the molecule is CCCCNC(=O)NC(=O)COC(=O)c1cc2cc(Cl)ccc2o1. The summed E-state index contributed by atoms with van der Waals surface area (Å²) in [5.74, 6) is -1.58. The topological polar surface area (TPSA) is 97.6 Å². The van der Waals surface area contributed by atoms with Gasteiger partial charge in [0.15, 0.2) is 6.61 Å². The number of ether oxygens (including phenoxy) is 1. The Bertz CT molecular complexity index is 756. The second kappa shape index (κ2) is 8.35. The number of nitrogens with one attached hydrogen (secondary N) is 2. The number of carbonyl (C=O) groups excluding carboxylic acids is 3. The van der Waals surface area contributed by atoms with Crippen molar-refractivity contribution in [3.63, 3.8) is 0 Å². The molecule has 0 spiro atoms. The second-order valence-electron chi connectivity index (χ2n) is 5.03. The van der Waals surface area contributed by atoms with Crippen LogP contribution < -0.4 is 10.6 Å². The van der Waals surface area contributed by atoms with Crippen molar-refractivity contribution in [3.8, 4) is 0 Å².